The predicted molar refractivity (Wildman–Crippen MR) is 114 cm³/mol. The third kappa shape index (κ3) is 5.30. The van der Waals surface area contributed by atoms with Gasteiger partial charge in [0.25, 0.3) is 0 Å². The van der Waals surface area contributed by atoms with Crippen LogP contribution in [0.3, 0.4) is 0 Å². The highest BCUT2D eigenvalue weighted by molar-refractivity contribution is 7.09. The fraction of sp³-hybridized carbons (Fsp3) is 0.524. The van der Waals surface area contributed by atoms with Crippen LogP contribution in [0.5, 0.6) is 0 Å². The standard InChI is InChI=1S/C21H31N5S/c1-15(2)19-14-27-20(25-19)12-24-21(22-4)23-11-16(3)26-10-9-17-7-5-6-8-18(17)13-26/h5-8,14-16H,9-13H2,1-4H3,(H2,22,23,24). The van der Waals surface area contributed by atoms with Crippen molar-refractivity contribution in [3.8, 4) is 0 Å². The third-order valence-corrected chi connectivity index (χ3v) is 6.01. The average Bonchev–Trinajstić information content (AvgIpc) is 3.17. The number of fused-ring (bicyclic) bond motifs is 1. The molecule has 0 saturated heterocycles. The Morgan fingerprint density at radius 2 is 2.00 bits per heavy atom. The van der Waals surface area contributed by atoms with Gasteiger partial charge in [-0.2, -0.15) is 0 Å². The number of thiazole rings is 1. The SMILES string of the molecule is CN=C(NCc1nc(C(C)C)cs1)NCC(C)N1CCc2ccccc2C1. The molecular formula is C21H31N5S. The maximum absolute atomic E-state index is 4.67. The molecule has 1 aromatic carbocycles. The fourth-order valence-corrected chi connectivity index (χ4v) is 4.21. The molecule has 1 atom stereocenters. The Labute approximate surface area is 166 Å². The Kier molecular flexibility index (Phi) is 6.85. The van der Waals surface area contributed by atoms with Crippen molar-refractivity contribution >= 4 is 17.3 Å². The van der Waals surface area contributed by atoms with E-state index in [0.717, 1.165) is 37.0 Å². The van der Waals surface area contributed by atoms with E-state index >= 15 is 0 Å². The van der Waals surface area contributed by atoms with Gasteiger partial charge in [-0.1, -0.05) is 38.1 Å². The van der Waals surface area contributed by atoms with Crippen molar-refractivity contribution in [3.05, 3.63) is 51.5 Å². The summed E-state index contributed by atoms with van der Waals surface area (Å²) in [6.07, 6.45) is 1.13. The Morgan fingerprint density at radius 3 is 2.70 bits per heavy atom. The number of hydrogen-bond donors (Lipinski definition) is 2. The molecule has 0 aliphatic carbocycles. The smallest absolute Gasteiger partial charge is 0.191 e. The van der Waals surface area contributed by atoms with Gasteiger partial charge >= 0.3 is 0 Å². The van der Waals surface area contributed by atoms with Crippen LogP contribution in [0.1, 0.15) is 48.5 Å². The molecule has 1 unspecified atom stereocenters. The number of nitrogens with zero attached hydrogens (tertiary/aromatic N) is 3. The van der Waals surface area contributed by atoms with Crippen LogP contribution >= 0.6 is 11.3 Å². The summed E-state index contributed by atoms with van der Waals surface area (Å²) in [5.41, 5.74) is 4.12. The van der Waals surface area contributed by atoms with Crippen LogP contribution in [-0.4, -0.2) is 42.0 Å². The molecule has 2 aromatic rings. The molecule has 0 bridgehead atoms. The summed E-state index contributed by atoms with van der Waals surface area (Å²) < 4.78 is 0. The normalized spacial score (nSPS) is 16.3. The van der Waals surface area contributed by atoms with E-state index in [1.165, 1.54) is 16.8 Å². The summed E-state index contributed by atoms with van der Waals surface area (Å²) in [4.78, 5) is 11.6. The predicted octanol–water partition coefficient (Wildman–Crippen LogP) is 3.38. The molecule has 146 valence electrons. The van der Waals surface area contributed by atoms with E-state index in [-0.39, 0.29) is 0 Å². The fourth-order valence-electron chi connectivity index (χ4n) is 3.32. The minimum absolute atomic E-state index is 0.448. The summed E-state index contributed by atoms with van der Waals surface area (Å²) in [5.74, 6) is 1.31. The van der Waals surface area contributed by atoms with E-state index in [4.69, 9.17) is 0 Å². The van der Waals surface area contributed by atoms with Crippen LogP contribution < -0.4 is 10.6 Å². The van der Waals surface area contributed by atoms with Gasteiger partial charge < -0.3 is 10.6 Å². The van der Waals surface area contributed by atoms with Crippen LogP contribution in [0, 0.1) is 0 Å². The maximum atomic E-state index is 4.67. The lowest BCUT2D eigenvalue weighted by Gasteiger charge is -2.34. The zero-order valence-corrected chi connectivity index (χ0v) is 17.6. The minimum Gasteiger partial charge on any atom is -0.355 e. The Bertz CT molecular complexity index is 767. The van der Waals surface area contributed by atoms with Gasteiger partial charge in [0.05, 0.1) is 12.2 Å². The molecule has 0 fully saturated rings. The Balaban J connectivity index is 1.46. The van der Waals surface area contributed by atoms with Crippen molar-refractivity contribution in [1.82, 2.24) is 20.5 Å². The van der Waals surface area contributed by atoms with Crippen molar-refractivity contribution in [1.29, 1.82) is 0 Å². The van der Waals surface area contributed by atoms with E-state index < -0.39 is 0 Å². The Morgan fingerprint density at radius 1 is 1.22 bits per heavy atom. The number of aromatic nitrogens is 1. The van der Waals surface area contributed by atoms with Crippen molar-refractivity contribution in [2.75, 3.05) is 20.1 Å². The number of benzene rings is 1. The number of hydrogen-bond acceptors (Lipinski definition) is 4. The lowest BCUT2D eigenvalue weighted by Crippen LogP contribution is -2.47. The van der Waals surface area contributed by atoms with E-state index in [1.807, 2.05) is 7.05 Å². The lowest BCUT2D eigenvalue weighted by atomic mass is 9.99. The monoisotopic (exact) mass is 385 g/mol. The van der Waals surface area contributed by atoms with Gasteiger partial charge in [-0.25, -0.2) is 4.98 Å². The van der Waals surface area contributed by atoms with Crippen LogP contribution in [-0.2, 0) is 19.5 Å². The van der Waals surface area contributed by atoms with Crippen molar-refractivity contribution < 1.29 is 0 Å². The zero-order chi connectivity index (χ0) is 19.2. The summed E-state index contributed by atoms with van der Waals surface area (Å²) >= 11 is 1.71. The first-order chi connectivity index (χ1) is 13.1. The molecule has 6 heteroatoms. The maximum Gasteiger partial charge on any atom is 0.191 e. The van der Waals surface area contributed by atoms with Gasteiger partial charge in [-0.3, -0.25) is 9.89 Å². The molecule has 1 aromatic heterocycles. The molecule has 5 nitrogen and oxygen atoms in total. The van der Waals surface area contributed by atoms with Gasteiger partial charge in [-0.15, -0.1) is 11.3 Å². The first-order valence-electron chi connectivity index (χ1n) is 9.76. The molecule has 0 spiro atoms. The molecule has 1 aliphatic heterocycles. The second-order valence-electron chi connectivity index (χ2n) is 7.47. The molecule has 0 saturated carbocycles. The van der Waals surface area contributed by atoms with Gasteiger partial charge in [0, 0.05) is 38.1 Å². The molecule has 0 amide bonds. The van der Waals surface area contributed by atoms with Crippen LogP contribution in [0.15, 0.2) is 34.6 Å². The van der Waals surface area contributed by atoms with Gasteiger partial charge in [-0.05, 0) is 30.4 Å². The molecule has 2 heterocycles. The van der Waals surface area contributed by atoms with Crippen LogP contribution in [0.4, 0.5) is 0 Å². The number of rotatable bonds is 6. The molecule has 1 aliphatic rings. The van der Waals surface area contributed by atoms with Gasteiger partial charge in [0.2, 0.25) is 0 Å². The highest BCUT2D eigenvalue weighted by Crippen LogP contribution is 2.20. The van der Waals surface area contributed by atoms with Crippen LogP contribution in [0.25, 0.3) is 0 Å². The Hall–Kier alpha value is -1.92. The zero-order valence-electron chi connectivity index (χ0n) is 16.8. The summed E-state index contributed by atoms with van der Waals surface area (Å²) in [6.45, 7) is 10.4. The highest BCUT2D eigenvalue weighted by atomic mass is 32.1. The largest absolute Gasteiger partial charge is 0.355 e. The first-order valence-corrected chi connectivity index (χ1v) is 10.6. The molecule has 3 rings (SSSR count). The van der Waals surface area contributed by atoms with Gasteiger partial charge in [0.1, 0.15) is 5.01 Å². The second kappa shape index (κ2) is 9.33. The summed E-state index contributed by atoms with van der Waals surface area (Å²) in [7, 11) is 1.82. The number of nitrogens with one attached hydrogen (secondary N) is 2. The second-order valence-corrected chi connectivity index (χ2v) is 8.41. The van der Waals surface area contributed by atoms with E-state index in [2.05, 4.69) is 75.9 Å². The summed E-state index contributed by atoms with van der Waals surface area (Å²) in [5, 5.41) is 10.1. The topological polar surface area (TPSA) is 52.6 Å². The summed E-state index contributed by atoms with van der Waals surface area (Å²) in [6, 6.07) is 9.23. The lowest BCUT2D eigenvalue weighted by molar-refractivity contribution is 0.191. The molecule has 27 heavy (non-hydrogen) atoms. The quantitative estimate of drug-likeness (QED) is 0.591. The molecular weight excluding hydrogens is 354 g/mol. The average molecular weight is 386 g/mol. The number of guanidine groups is 1. The minimum atomic E-state index is 0.448. The van der Waals surface area contributed by atoms with Crippen LogP contribution in [0.2, 0.25) is 0 Å². The van der Waals surface area contributed by atoms with Gasteiger partial charge in [0.15, 0.2) is 5.96 Å². The van der Waals surface area contributed by atoms with Crippen molar-refractivity contribution in [2.45, 2.75) is 52.2 Å². The van der Waals surface area contributed by atoms with Crippen molar-refractivity contribution in [2.24, 2.45) is 4.99 Å². The first kappa shape index (κ1) is 19.8. The molecule has 2 N–H and O–H groups in total. The highest BCUT2D eigenvalue weighted by Gasteiger charge is 2.20. The van der Waals surface area contributed by atoms with Crippen molar-refractivity contribution in [3.63, 3.8) is 0 Å². The van der Waals surface area contributed by atoms with E-state index in [0.29, 0.717) is 18.5 Å². The molecule has 0 radical (unpaired) electrons. The third-order valence-electron chi connectivity index (χ3n) is 5.14. The number of aliphatic imine (C=N–C) groups is 1. The van der Waals surface area contributed by atoms with E-state index in [1.54, 1.807) is 11.3 Å². The van der Waals surface area contributed by atoms with E-state index in [9.17, 15) is 0 Å².